The fraction of sp³-hybridized carbons (Fsp3) is 0.167. The fourth-order valence-corrected chi connectivity index (χ4v) is 4.72. The normalized spacial score (nSPS) is 11.4. The fourth-order valence-electron chi connectivity index (χ4n) is 2.99. The number of hydrogen-bond acceptors (Lipinski definition) is 5. The second-order valence-electron chi connectivity index (χ2n) is 7.56. The molecule has 0 aliphatic rings. The Bertz CT molecular complexity index is 1240. The van der Waals surface area contributed by atoms with Crippen LogP contribution in [0.3, 0.4) is 0 Å². The van der Waals surface area contributed by atoms with Crippen molar-refractivity contribution < 1.29 is 13.2 Å². The average Bonchev–Trinajstić information content (AvgIpc) is 2.78. The van der Waals surface area contributed by atoms with E-state index >= 15 is 0 Å². The van der Waals surface area contributed by atoms with Crippen LogP contribution in [-0.2, 0) is 14.8 Å². The van der Waals surface area contributed by atoms with Gasteiger partial charge in [-0.3, -0.25) is 9.10 Å². The smallest absolute Gasteiger partial charge is 0.264 e. The number of hydrazone groups is 1. The molecule has 1 N–H and O–H groups in total. The van der Waals surface area contributed by atoms with Crippen LogP contribution in [0.5, 0.6) is 0 Å². The largest absolute Gasteiger partial charge is 0.378 e. The van der Waals surface area contributed by atoms with Crippen LogP contribution >= 0.6 is 11.6 Å². The molecule has 9 heteroatoms. The van der Waals surface area contributed by atoms with Crippen molar-refractivity contribution in [2.24, 2.45) is 5.10 Å². The summed E-state index contributed by atoms with van der Waals surface area (Å²) in [5, 5.41) is 4.17. The highest BCUT2D eigenvalue weighted by Crippen LogP contribution is 2.30. The number of anilines is 2. The molecule has 0 aliphatic heterocycles. The number of amides is 1. The molecule has 33 heavy (non-hydrogen) atoms. The van der Waals surface area contributed by atoms with Crippen LogP contribution in [0.15, 0.2) is 82.8 Å². The first-order valence-corrected chi connectivity index (χ1v) is 11.9. The number of carbonyl (C=O) groups is 1. The van der Waals surface area contributed by atoms with E-state index in [1.807, 2.05) is 50.2 Å². The van der Waals surface area contributed by atoms with Gasteiger partial charge in [0.25, 0.3) is 15.9 Å². The zero-order valence-electron chi connectivity index (χ0n) is 18.6. The topological polar surface area (TPSA) is 82.1 Å². The SMILES string of the molecule is Cc1ccc(S(=O)(=O)N(CC(=O)N/N=C\c2ccc(N(C)C)cc2)c2ccccc2Cl)cc1. The lowest BCUT2D eigenvalue weighted by Crippen LogP contribution is -2.39. The van der Waals surface area contributed by atoms with Gasteiger partial charge in [0.1, 0.15) is 6.54 Å². The Morgan fingerprint density at radius 3 is 2.24 bits per heavy atom. The molecule has 0 bridgehead atoms. The van der Waals surface area contributed by atoms with Crippen LogP contribution in [-0.4, -0.2) is 41.2 Å². The quantitative estimate of drug-likeness (QED) is 0.386. The number of nitrogens with one attached hydrogen (secondary N) is 1. The average molecular weight is 485 g/mol. The molecule has 0 aromatic heterocycles. The van der Waals surface area contributed by atoms with Crippen molar-refractivity contribution in [3.05, 3.63) is 88.9 Å². The Hall–Kier alpha value is -3.36. The number of halogens is 1. The summed E-state index contributed by atoms with van der Waals surface area (Å²) in [5.74, 6) is -0.605. The Morgan fingerprint density at radius 2 is 1.64 bits per heavy atom. The summed E-state index contributed by atoms with van der Waals surface area (Å²) in [5.41, 5.74) is 5.34. The van der Waals surface area contributed by atoms with Gasteiger partial charge >= 0.3 is 0 Å². The zero-order chi connectivity index (χ0) is 24.0. The van der Waals surface area contributed by atoms with Crippen molar-refractivity contribution in [1.29, 1.82) is 0 Å². The number of hydrogen-bond donors (Lipinski definition) is 1. The maximum absolute atomic E-state index is 13.4. The van der Waals surface area contributed by atoms with Gasteiger partial charge in [0.05, 0.1) is 21.8 Å². The molecule has 0 aliphatic carbocycles. The van der Waals surface area contributed by atoms with E-state index < -0.39 is 22.5 Å². The van der Waals surface area contributed by atoms with Gasteiger partial charge in [-0.25, -0.2) is 13.8 Å². The summed E-state index contributed by atoms with van der Waals surface area (Å²) in [6.45, 7) is 1.37. The molecule has 7 nitrogen and oxygen atoms in total. The first kappa shape index (κ1) is 24.3. The molecular weight excluding hydrogens is 460 g/mol. The number of nitrogens with zero attached hydrogens (tertiary/aromatic N) is 3. The second kappa shape index (κ2) is 10.5. The highest BCUT2D eigenvalue weighted by molar-refractivity contribution is 7.92. The van der Waals surface area contributed by atoms with Crippen molar-refractivity contribution in [1.82, 2.24) is 5.43 Å². The first-order valence-electron chi connectivity index (χ1n) is 10.1. The van der Waals surface area contributed by atoms with E-state index in [-0.39, 0.29) is 15.6 Å². The lowest BCUT2D eigenvalue weighted by molar-refractivity contribution is -0.119. The van der Waals surface area contributed by atoms with E-state index in [9.17, 15) is 13.2 Å². The Morgan fingerprint density at radius 1 is 1.00 bits per heavy atom. The van der Waals surface area contributed by atoms with Crippen molar-refractivity contribution in [3.8, 4) is 0 Å². The predicted octanol–water partition coefficient (Wildman–Crippen LogP) is 4.06. The maximum atomic E-state index is 13.4. The molecule has 1 amide bonds. The number of aryl methyl sites for hydroxylation is 1. The number of sulfonamides is 1. The molecule has 0 spiro atoms. The Balaban J connectivity index is 1.81. The van der Waals surface area contributed by atoms with Crippen LogP contribution in [0.2, 0.25) is 5.02 Å². The van der Waals surface area contributed by atoms with E-state index in [0.717, 1.165) is 21.1 Å². The van der Waals surface area contributed by atoms with Gasteiger partial charge in [0, 0.05) is 19.8 Å². The summed E-state index contributed by atoms with van der Waals surface area (Å²) < 4.78 is 27.7. The van der Waals surface area contributed by atoms with Gasteiger partial charge in [0.15, 0.2) is 0 Å². The van der Waals surface area contributed by atoms with Crippen molar-refractivity contribution in [2.75, 3.05) is 29.8 Å². The summed E-state index contributed by atoms with van der Waals surface area (Å²) in [6, 6.07) is 20.5. The Labute approximate surface area is 199 Å². The summed E-state index contributed by atoms with van der Waals surface area (Å²) in [4.78, 5) is 14.7. The first-order chi connectivity index (χ1) is 15.7. The third-order valence-electron chi connectivity index (χ3n) is 4.83. The van der Waals surface area contributed by atoms with Crippen molar-refractivity contribution in [2.45, 2.75) is 11.8 Å². The molecule has 0 saturated carbocycles. The number of benzene rings is 3. The van der Waals surface area contributed by atoms with Gasteiger partial charge in [-0.2, -0.15) is 5.10 Å². The van der Waals surface area contributed by atoms with E-state index in [4.69, 9.17) is 11.6 Å². The number of para-hydroxylation sites is 1. The molecule has 0 radical (unpaired) electrons. The molecule has 0 atom stereocenters. The zero-order valence-corrected chi connectivity index (χ0v) is 20.1. The number of rotatable bonds is 8. The highest BCUT2D eigenvalue weighted by Gasteiger charge is 2.28. The molecule has 3 aromatic carbocycles. The minimum absolute atomic E-state index is 0.0605. The van der Waals surface area contributed by atoms with Gasteiger partial charge < -0.3 is 4.90 Å². The lowest BCUT2D eigenvalue weighted by Gasteiger charge is -2.24. The molecule has 0 heterocycles. The van der Waals surface area contributed by atoms with Gasteiger partial charge in [-0.1, -0.05) is 53.6 Å². The summed E-state index contributed by atoms with van der Waals surface area (Å²) >= 11 is 6.27. The summed E-state index contributed by atoms with van der Waals surface area (Å²) in [7, 11) is -0.161. The van der Waals surface area contributed by atoms with Crippen LogP contribution in [0.25, 0.3) is 0 Å². The minimum Gasteiger partial charge on any atom is -0.378 e. The van der Waals surface area contributed by atoms with E-state index in [2.05, 4.69) is 10.5 Å². The molecule has 0 saturated heterocycles. The molecule has 3 rings (SSSR count). The van der Waals surface area contributed by atoms with E-state index in [0.29, 0.717) is 0 Å². The van der Waals surface area contributed by atoms with Gasteiger partial charge in [-0.15, -0.1) is 0 Å². The van der Waals surface area contributed by atoms with Gasteiger partial charge in [0.2, 0.25) is 0 Å². The molecule has 3 aromatic rings. The third kappa shape index (κ3) is 6.12. The highest BCUT2D eigenvalue weighted by atomic mass is 35.5. The standard InChI is InChI=1S/C24H25ClN4O3S/c1-18-8-14-21(15-9-18)33(31,32)29(23-7-5-4-6-22(23)25)17-24(30)27-26-16-19-10-12-20(13-11-19)28(2)3/h4-16H,17H2,1-3H3,(H,27,30)/b26-16-. The van der Waals surface area contributed by atoms with Crippen LogP contribution in [0, 0.1) is 6.92 Å². The van der Waals surface area contributed by atoms with E-state index in [1.165, 1.54) is 18.3 Å². The lowest BCUT2D eigenvalue weighted by atomic mass is 10.2. The molecular formula is C24H25ClN4O3S. The number of carbonyl (C=O) groups excluding carboxylic acids is 1. The minimum atomic E-state index is -4.05. The molecule has 172 valence electrons. The third-order valence-corrected chi connectivity index (χ3v) is 6.92. The van der Waals surface area contributed by atoms with Crippen LogP contribution < -0.4 is 14.6 Å². The van der Waals surface area contributed by atoms with Crippen LogP contribution in [0.4, 0.5) is 11.4 Å². The summed E-state index contributed by atoms with van der Waals surface area (Å²) in [6.07, 6.45) is 1.49. The van der Waals surface area contributed by atoms with Crippen molar-refractivity contribution >= 4 is 45.1 Å². The predicted molar refractivity (Wildman–Crippen MR) is 134 cm³/mol. The van der Waals surface area contributed by atoms with Crippen molar-refractivity contribution in [3.63, 3.8) is 0 Å². The molecule has 0 unspecified atom stereocenters. The monoisotopic (exact) mass is 484 g/mol. The molecule has 0 fully saturated rings. The Kier molecular flexibility index (Phi) is 7.73. The van der Waals surface area contributed by atoms with Gasteiger partial charge in [-0.05, 0) is 48.9 Å². The maximum Gasteiger partial charge on any atom is 0.264 e. The van der Waals surface area contributed by atoms with E-state index in [1.54, 1.807) is 36.4 Å². The second-order valence-corrected chi connectivity index (χ2v) is 9.82. The van der Waals surface area contributed by atoms with Crippen LogP contribution in [0.1, 0.15) is 11.1 Å².